The normalized spacial score (nSPS) is 14.5. The summed E-state index contributed by atoms with van der Waals surface area (Å²) in [6.07, 6.45) is 0.191. The molecule has 0 radical (unpaired) electrons. The van der Waals surface area contributed by atoms with Gasteiger partial charge in [-0.25, -0.2) is 9.50 Å². The van der Waals surface area contributed by atoms with Gasteiger partial charge in [-0.2, -0.15) is 4.98 Å². The first-order valence-corrected chi connectivity index (χ1v) is 9.41. The summed E-state index contributed by atoms with van der Waals surface area (Å²) in [4.78, 5) is 25.7. The number of aromatic nitrogens is 4. The van der Waals surface area contributed by atoms with Gasteiger partial charge < -0.3 is 14.5 Å². The summed E-state index contributed by atoms with van der Waals surface area (Å²) in [5.74, 6) is 1.96. The van der Waals surface area contributed by atoms with E-state index >= 15 is 0 Å². The fourth-order valence-corrected chi connectivity index (χ4v) is 3.62. The fourth-order valence-electron chi connectivity index (χ4n) is 3.62. The van der Waals surface area contributed by atoms with Crippen LogP contribution in [0, 0.1) is 13.8 Å². The van der Waals surface area contributed by atoms with Gasteiger partial charge in [0.25, 0.3) is 5.78 Å². The van der Waals surface area contributed by atoms with E-state index in [1.54, 1.807) is 11.6 Å². The lowest BCUT2D eigenvalue weighted by Gasteiger charge is -2.36. The van der Waals surface area contributed by atoms with Crippen LogP contribution in [0.1, 0.15) is 17.2 Å². The van der Waals surface area contributed by atoms with Gasteiger partial charge in [0.2, 0.25) is 5.91 Å². The number of aryl methyl sites for hydroxylation is 2. The summed E-state index contributed by atoms with van der Waals surface area (Å²) in [6.45, 7) is 6.75. The first-order chi connectivity index (χ1) is 13.5. The summed E-state index contributed by atoms with van der Waals surface area (Å²) in [5, 5.41) is 4.44. The summed E-state index contributed by atoms with van der Waals surface area (Å²) in [6, 6.07) is 9.92. The molecule has 0 saturated carbocycles. The third-order valence-electron chi connectivity index (χ3n) is 5.03. The highest BCUT2D eigenvalue weighted by Gasteiger charge is 2.24. The molecule has 2 aromatic heterocycles. The van der Waals surface area contributed by atoms with Crippen molar-refractivity contribution < 1.29 is 9.53 Å². The predicted octanol–water partition coefficient (Wildman–Crippen LogP) is 1.64. The molecule has 0 spiro atoms. The van der Waals surface area contributed by atoms with Crippen LogP contribution in [0.15, 0.2) is 30.3 Å². The molecule has 1 fully saturated rings. The van der Waals surface area contributed by atoms with Crippen molar-refractivity contribution in [2.45, 2.75) is 20.3 Å². The number of nitrogens with zero attached hydrogens (tertiary/aromatic N) is 6. The van der Waals surface area contributed by atoms with Gasteiger partial charge in [-0.3, -0.25) is 4.79 Å². The van der Waals surface area contributed by atoms with Gasteiger partial charge in [0.15, 0.2) is 5.82 Å². The topological polar surface area (TPSA) is 75.9 Å². The van der Waals surface area contributed by atoms with Crippen molar-refractivity contribution in [3.05, 3.63) is 47.5 Å². The summed E-state index contributed by atoms with van der Waals surface area (Å²) in [7, 11) is 1.68. The lowest BCUT2D eigenvalue weighted by molar-refractivity contribution is -0.130. The lowest BCUT2D eigenvalue weighted by atomic mass is 10.2. The number of carbonyl (C=O) groups is 1. The first-order valence-electron chi connectivity index (χ1n) is 9.41. The Morgan fingerprint density at radius 2 is 1.86 bits per heavy atom. The molecule has 1 aliphatic heterocycles. The third kappa shape index (κ3) is 3.49. The zero-order chi connectivity index (χ0) is 19.7. The molecule has 0 atom stereocenters. The van der Waals surface area contributed by atoms with E-state index in [1.807, 2.05) is 49.1 Å². The third-order valence-corrected chi connectivity index (χ3v) is 5.03. The number of anilines is 1. The van der Waals surface area contributed by atoms with Gasteiger partial charge in [-0.15, -0.1) is 5.10 Å². The number of ether oxygens (including phenoxy) is 1. The Kier molecular flexibility index (Phi) is 4.85. The summed E-state index contributed by atoms with van der Waals surface area (Å²) < 4.78 is 7.14. The molecule has 146 valence electrons. The number of fused-ring (bicyclic) bond motifs is 1. The van der Waals surface area contributed by atoms with Crippen LogP contribution in [0.2, 0.25) is 0 Å². The minimum atomic E-state index is 0.0463. The van der Waals surface area contributed by atoms with Crippen molar-refractivity contribution in [2.75, 3.05) is 38.2 Å². The van der Waals surface area contributed by atoms with E-state index in [1.165, 1.54) is 0 Å². The summed E-state index contributed by atoms with van der Waals surface area (Å²) in [5.41, 5.74) is 2.91. The molecule has 1 aromatic carbocycles. The molecule has 0 bridgehead atoms. The zero-order valence-electron chi connectivity index (χ0n) is 16.4. The van der Waals surface area contributed by atoms with Gasteiger partial charge >= 0.3 is 0 Å². The van der Waals surface area contributed by atoms with Crippen LogP contribution in [-0.4, -0.2) is 63.7 Å². The van der Waals surface area contributed by atoms with Crippen LogP contribution in [0.3, 0.4) is 0 Å². The second-order valence-electron chi connectivity index (χ2n) is 7.00. The van der Waals surface area contributed by atoms with Gasteiger partial charge in [0.1, 0.15) is 5.75 Å². The maximum atomic E-state index is 12.7. The van der Waals surface area contributed by atoms with Crippen LogP contribution >= 0.6 is 0 Å². The van der Waals surface area contributed by atoms with Crippen molar-refractivity contribution in [3.8, 4) is 5.75 Å². The highest BCUT2D eigenvalue weighted by atomic mass is 16.5. The Morgan fingerprint density at radius 1 is 1.11 bits per heavy atom. The molecular formula is C20H24N6O2. The second kappa shape index (κ2) is 7.46. The standard InChI is InChI=1S/C20H24N6O2/c1-14-12-15(2)26-20(21-14)22-18(23-26)13-19(27)25-10-8-24(9-11-25)16-6-4-5-7-17(16)28-3/h4-7,12H,8-11,13H2,1-3H3. The molecular weight excluding hydrogens is 356 g/mol. The largest absolute Gasteiger partial charge is 0.495 e. The van der Waals surface area contributed by atoms with E-state index in [0.717, 1.165) is 35.9 Å². The quantitative estimate of drug-likeness (QED) is 0.685. The molecule has 8 nitrogen and oxygen atoms in total. The highest BCUT2D eigenvalue weighted by Crippen LogP contribution is 2.28. The zero-order valence-corrected chi connectivity index (χ0v) is 16.4. The number of benzene rings is 1. The molecule has 3 aromatic rings. The van der Waals surface area contributed by atoms with Crippen LogP contribution in [0.5, 0.6) is 5.75 Å². The van der Waals surface area contributed by atoms with E-state index < -0.39 is 0 Å². The van der Waals surface area contributed by atoms with E-state index in [4.69, 9.17) is 4.74 Å². The Bertz CT molecular complexity index is 1010. The van der Waals surface area contributed by atoms with Gasteiger partial charge in [0, 0.05) is 37.6 Å². The summed E-state index contributed by atoms with van der Waals surface area (Å²) >= 11 is 0. The van der Waals surface area contributed by atoms with Crippen molar-refractivity contribution in [2.24, 2.45) is 0 Å². The minimum Gasteiger partial charge on any atom is -0.495 e. The Labute approximate surface area is 163 Å². The van der Waals surface area contributed by atoms with Gasteiger partial charge in [-0.1, -0.05) is 12.1 Å². The van der Waals surface area contributed by atoms with E-state index in [2.05, 4.69) is 20.0 Å². The van der Waals surface area contributed by atoms with E-state index in [-0.39, 0.29) is 12.3 Å². The molecule has 1 aliphatic rings. The average Bonchev–Trinajstić information content (AvgIpc) is 3.10. The number of para-hydroxylation sites is 2. The maximum Gasteiger partial charge on any atom is 0.252 e. The second-order valence-corrected chi connectivity index (χ2v) is 7.00. The molecule has 0 N–H and O–H groups in total. The number of hydrogen-bond acceptors (Lipinski definition) is 6. The van der Waals surface area contributed by atoms with Crippen molar-refractivity contribution in [1.82, 2.24) is 24.5 Å². The monoisotopic (exact) mass is 380 g/mol. The number of hydrogen-bond donors (Lipinski definition) is 0. The van der Waals surface area contributed by atoms with E-state index in [0.29, 0.717) is 24.7 Å². The van der Waals surface area contributed by atoms with E-state index in [9.17, 15) is 4.79 Å². The van der Waals surface area contributed by atoms with Gasteiger partial charge in [-0.05, 0) is 32.0 Å². The number of piperazine rings is 1. The van der Waals surface area contributed by atoms with Crippen molar-refractivity contribution >= 4 is 17.4 Å². The molecule has 0 aliphatic carbocycles. The predicted molar refractivity (Wildman–Crippen MR) is 106 cm³/mol. The lowest BCUT2D eigenvalue weighted by Crippen LogP contribution is -2.49. The minimum absolute atomic E-state index is 0.0463. The van der Waals surface area contributed by atoms with Crippen LogP contribution in [-0.2, 0) is 11.2 Å². The first kappa shape index (κ1) is 18.2. The molecule has 8 heteroatoms. The van der Waals surface area contributed by atoms with Gasteiger partial charge in [0.05, 0.1) is 19.2 Å². The number of rotatable bonds is 4. The Morgan fingerprint density at radius 3 is 2.61 bits per heavy atom. The average molecular weight is 380 g/mol. The molecule has 0 unspecified atom stereocenters. The Balaban J connectivity index is 1.41. The van der Waals surface area contributed by atoms with Crippen LogP contribution in [0.4, 0.5) is 5.69 Å². The highest BCUT2D eigenvalue weighted by molar-refractivity contribution is 5.78. The SMILES string of the molecule is COc1ccccc1N1CCN(C(=O)Cc2nc3nc(C)cc(C)n3n2)CC1. The molecule has 28 heavy (non-hydrogen) atoms. The fraction of sp³-hybridized carbons (Fsp3) is 0.400. The maximum absolute atomic E-state index is 12.7. The number of amides is 1. The van der Waals surface area contributed by atoms with Crippen LogP contribution < -0.4 is 9.64 Å². The van der Waals surface area contributed by atoms with Crippen molar-refractivity contribution in [3.63, 3.8) is 0 Å². The van der Waals surface area contributed by atoms with Crippen molar-refractivity contribution in [1.29, 1.82) is 0 Å². The van der Waals surface area contributed by atoms with Crippen LogP contribution in [0.25, 0.3) is 5.78 Å². The smallest absolute Gasteiger partial charge is 0.252 e. The Hall–Kier alpha value is -3.16. The molecule has 4 rings (SSSR count). The number of carbonyl (C=O) groups excluding carboxylic acids is 1. The molecule has 3 heterocycles. The number of methoxy groups -OCH3 is 1. The molecule has 1 saturated heterocycles. The molecule has 1 amide bonds.